The highest BCUT2D eigenvalue weighted by Gasteiger charge is 2.82. The molecule has 0 amide bonds. The van der Waals surface area contributed by atoms with Crippen molar-refractivity contribution in [1.82, 2.24) is 0 Å². The molecule has 1 aliphatic carbocycles. The summed E-state index contributed by atoms with van der Waals surface area (Å²) in [7, 11) is 0. The number of carbonyl (C=O) groups is 1. The van der Waals surface area contributed by atoms with Gasteiger partial charge in [-0.25, -0.2) is 4.79 Å². The Morgan fingerprint density at radius 2 is 1.90 bits per heavy atom. The molecule has 0 unspecified atom stereocenters. The van der Waals surface area contributed by atoms with Gasteiger partial charge in [-0.1, -0.05) is 13.8 Å². The minimum atomic E-state index is -0.869. The van der Waals surface area contributed by atoms with Gasteiger partial charge in [0.2, 0.25) is 6.29 Å². The van der Waals surface area contributed by atoms with Crippen molar-refractivity contribution in [2.24, 2.45) is 17.3 Å². The van der Waals surface area contributed by atoms with Gasteiger partial charge in [0.15, 0.2) is 5.60 Å². The topological polar surface area (TPSA) is 68.3 Å². The number of hydrogen-bond donors (Lipinski definition) is 1. The van der Waals surface area contributed by atoms with Crippen LogP contribution in [0.15, 0.2) is 0 Å². The van der Waals surface area contributed by atoms with Gasteiger partial charge in [-0.15, -0.1) is 0 Å². The van der Waals surface area contributed by atoms with Crippen molar-refractivity contribution in [3.8, 4) is 0 Å². The van der Waals surface area contributed by atoms with Crippen molar-refractivity contribution < 1.29 is 24.1 Å². The third kappa shape index (κ3) is 1.16. The molecule has 3 heterocycles. The van der Waals surface area contributed by atoms with Crippen LogP contribution in [0.25, 0.3) is 0 Å². The van der Waals surface area contributed by atoms with Crippen LogP contribution < -0.4 is 0 Å². The van der Waals surface area contributed by atoms with Gasteiger partial charge < -0.3 is 19.3 Å². The number of ether oxygens (including phenoxy) is 3. The van der Waals surface area contributed by atoms with Gasteiger partial charge in [-0.05, 0) is 32.6 Å². The summed E-state index contributed by atoms with van der Waals surface area (Å²) in [5, 5.41) is 10.6. The zero-order chi connectivity index (χ0) is 14.5. The number of aliphatic hydroxyl groups is 1. The standard InChI is InChI=1S/C15H22O5/c1-7-5-6-8-15(19-8)12(17)18-11-9(16)10(14(7,15)4)13(2,3)20-11/h7-11,16H,5-6H2,1-4H3/t7-,8-,9-,10+,11-,14-,15+/m0/s1. The van der Waals surface area contributed by atoms with Crippen LogP contribution in [0, 0.1) is 17.3 Å². The first-order chi connectivity index (χ1) is 9.25. The molecule has 5 nitrogen and oxygen atoms in total. The summed E-state index contributed by atoms with van der Waals surface area (Å²) in [6.07, 6.45) is 0.180. The highest BCUT2D eigenvalue weighted by Crippen LogP contribution is 2.69. The van der Waals surface area contributed by atoms with Crippen molar-refractivity contribution in [2.45, 2.75) is 70.2 Å². The molecular formula is C15H22O5. The summed E-state index contributed by atoms with van der Waals surface area (Å²) in [6, 6.07) is 0. The highest BCUT2D eigenvalue weighted by molar-refractivity contribution is 5.86. The molecule has 1 N–H and O–H groups in total. The fourth-order valence-corrected chi connectivity index (χ4v) is 5.31. The number of epoxide rings is 1. The number of hydrogen-bond acceptors (Lipinski definition) is 5. The normalized spacial score (nSPS) is 59.2. The summed E-state index contributed by atoms with van der Waals surface area (Å²) < 4.78 is 17.1. The van der Waals surface area contributed by atoms with Crippen LogP contribution in [0.5, 0.6) is 0 Å². The van der Waals surface area contributed by atoms with Gasteiger partial charge in [0, 0.05) is 11.3 Å². The Balaban J connectivity index is 1.92. The van der Waals surface area contributed by atoms with E-state index in [1.54, 1.807) is 0 Å². The van der Waals surface area contributed by atoms with Gasteiger partial charge in [-0.2, -0.15) is 0 Å². The van der Waals surface area contributed by atoms with Crippen molar-refractivity contribution >= 4 is 5.97 Å². The Bertz CT molecular complexity index is 489. The van der Waals surface area contributed by atoms with Crippen molar-refractivity contribution in [3.05, 3.63) is 0 Å². The molecule has 1 saturated carbocycles. The number of aliphatic hydroxyl groups excluding tert-OH is 1. The van der Waals surface area contributed by atoms with Crippen LogP contribution >= 0.6 is 0 Å². The second-order valence-electron chi connectivity index (χ2n) is 7.57. The van der Waals surface area contributed by atoms with Gasteiger partial charge in [-0.3, -0.25) is 0 Å². The smallest absolute Gasteiger partial charge is 0.344 e. The van der Waals surface area contributed by atoms with Gasteiger partial charge >= 0.3 is 5.97 Å². The van der Waals surface area contributed by atoms with Crippen LogP contribution in [0.1, 0.15) is 40.5 Å². The molecule has 4 aliphatic rings. The predicted molar refractivity (Wildman–Crippen MR) is 68.6 cm³/mol. The third-order valence-corrected chi connectivity index (χ3v) is 6.37. The van der Waals surface area contributed by atoms with E-state index in [1.165, 1.54) is 0 Å². The van der Waals surface area contributed by atoms with E-state index in [0.717, 1.165) is 12.8 Å². The summed E-state index contributed by atoms with van der Waals surface area (Å²) in [5.74, 6) is -0.251. The van der Waals surface area contributed by atoms with Crippen molar-refractivity contribution in [3.63, 3.8) is 0 Å². The lowest BCUT2D eigenvalue weighted by atomic mass is 9.52. The molecule has 3 saturated heterocycles. The molecule has 4 fully saturated rings. The Morgan fingerprint density at radius 1 is 1.20 bits per heavy atom. The lowest BCUT2D eigenvalue weighted by Crippen LogP contribution is -2.60. The molecule has 1 spiro atoms. The van der Waals surface area contributed by atoms with E-state index >= 15 is 0 Å². The van der Waals surface area contributed by atoms with Crippen LogP contribution in [-0.4, -0.2) is 40.8 Å². The maximum Gasteiger partial charge on any atom is 0.344 e. The number of carbonyl (C=O) groups excluding carboxylic acids is 1. The van der Waals surface area contributed by atoms with Crippen LogP contribution in [0.3, 0.4) is 0 Å². The molecule has 4 rings (SSSR count). The first-order valence-corrected chi connectivity index (χ1v) is 7.50. The maximum absolute atomic E-state index is 12.6. The quantitative estimate of drug-likeness (QED) is 0.534. The highest BCUT2D eigenvalue weighted by atomic mass is 16.7. The van der Waals surface area contributed by atoms with Gasteiger partial charge in [0.25, 0.3) is 0 Å². The minimum Gasteiger partial charge on any atom is -0.431 e. The van der Waals surface area contributed by atoms with E-state index in [2.05, 4.69) is 13.8 Å². The largest absolute Gasteiger partial charge is 0.431 e. The minimum absolute atomic E-state index is 0.0569. The molecule has 3 aliphatic heterocycles. The molecule has 20 heavy (non-hydrogen) atoms. The second-order valence-corrected chi connectivity index (χ2v) is 7.57. The van der Waals surface area contributed by atoms with E-state index in [-0.39, 0.29) is 23.9 Å². The SMILES string of the molecule is C[C@H]1CC[C@@H]2O[C@@]23C(=O)O[C@H]2OC(C)(C)[C@@H]([C@@H]2O)[C@]13C. The lowest BCUT2D eigenvalue weighted by Gasteiger charge is -2.50. The predicted octanol–water partition coefficient (Wildman–Crippen LogP) is 1.23. The molecule has 2 bridgehead atoms. The summed E-state index contributed by atoms with van der Waals surface area (Å²) in [5.41, 5.74) is -1.86. The van der Waals surface area contributed by atoms with E-state index in [0.29, 0.717) is 0 Å². The average Bonchev–Trinajstić information content (AvgIpc) is 3.04. The monoisotopic (exact) mass is 282 g/mol. The Morgan fingerprint density at radius 3 is 2.60 bits per heavy atom. The molecule has 7 atom stereocenters. The fraction of sp³-hybridized carbons (Fsp3) is 0.933. The Kier molecular flexibility index (Phi) is 2.21. The fourth-order valence-electron chi connectivity index (χ4n) is 5.31. The Labute approximate surface area is 118 Å². The Hall–Kier alpha value is -0.650. The van der Waals surface area contributed by atoms with Gasteiger partial charge in [0.05, 0.1) is 11.7 Å². The number of esters is 1. The van der Waals surface area contributed by atoms with E-state index in [9.17, 15) is 9.90 Å². The zero-order valence-electron chi connectivity index (χ0n) is 12.4. The number of rotatable bonds is 0. The van der Waals surface area contributed by atoms with E-state index < -0.39 is 29.0 Å². The van der Waals surface area contributed by atoms with Gasteiger partial charge in [0.1, 0.15) is 6.10 Å². The molecule has 0 radical (unpaired) electrons. The number of fused-ring (bicyclic) bond motifs is 3. The maximum atomic E-state index is 12.6. The molecular weight excluding hydrogens is 260 g/mol. The molecule has 0 aromatic carbocycles. The molecule has 0 aromatic rings. The van der Waals surface area contributed by atoms with Crippen LogP contribution in [0.2, 0.25) is 0 Å². The summed E-state index contributed by atoms with van der Waals surface area (Å²) in [6.45, 7) is 8.16. The van der Waals surface area contributed by atoms with Crippen molar-refractivity contribution in [1.29, 1.82) is 0 Å². The average molecular weight is 282 g/mol. The van der Waals surface area contributed by atoms with Crippen LogP contribution in [0.4, 0.5) is 0 Å². The second kappa shape index (κ2) is 3.39. The third-order valence-electron chi connectivity index (χ3n) is 6.37. The summed E-state index contributed by atoms with van der Waals surface area (Å²) >= 11 is 0. The first kappa shape index (κ1) is 13.0. The molecule has 112 valence electrons. The lowest BCUT2D eigenvalue weighted by molar-refractivity contribution is -0.213. The van der Waals surface area contributed by atoms with Crippen LogP contribution in [-0.2, 0) is 19.0 Å². The molecule has 0 aromatic heterocycles. The van der Waals surface area contributed by atoms with Crippen molar-refractivity contribution in [2.75, 3.05) is 0 Å². The zero-order valence-corrected chi connectivity index (χ0v) is 12.4. The first-order valence-electron chi connectivity index (χ1n) is 7.50. The molecule has 5 heteroatoms. The van der Waals surface area contributed by atoms with E-state index in [1.807, 2.05) is 13.8 Å². The summed E-state index contributed by atoms with van der Waals surface area (Å²) in [4.78, 5) is 12.6. The van der Waals surface area contributed by atoms with E-state index in [4.69, 9.17) is 14.2 Å².